The molecule has 0 bridgehead atoms. The molecule has 0 atom stereocenters. The molecular weight excluding hydrogens is 162 g/mol. The van der Waals surface area contributed by atoms with Crippen molar-refractivity contribution in [3.05, 3.63) is 23.8 Å². The number of benzene rings is 1. The van der Waals surface area contributed by atoms with E-state index >= 15 is 0 Å². The zero-order chi connectivity index (χ0) is 9.72. The van der Waals surface area contributed by atoms with Crippen molar-refractivity contribution in [2.24, 2.45) is 0 Å². The summed E-state index contributed by atoms with van der Waals surface area (Å²) in [5, 5.41) is 0. The minimum Gasteiger partial charge on any atom is -0.395 e. The fraction of sp³-hybridized carbons (Fsp3) is 0.250. The van der Waals surface area contributed by atoms with Crippen LogP contribution in [-0.4, -0.2) is 0 Å². The van der Waals surface area contributed by atoms with Crippen molar-refractivity contribution < 1.29 is 8.78 Å². The van der Waals surface area contributed by atoms with Gasteiger partial charge in [0.25, 0.3) is 0 Å². The number of halogens is 2. The fourth-order valence-corrected chi connectivity index (χ4v) is 0.583. The SMILES string of the molecule is CC.Nc1c(F)ccc(F)c1N. The molecule has 0 radical (unpaired) electrons. The third-order valence-electron chi connectivity index (χ3n) is 1.18. The first-order chi connectivity index (χ1) is 5.63. The summed E-state index contributed by atoms with van der Waals surface area (Å²) in [5.74, 6) is -1.39. The van der Waals surface area contributed by atoms with E-state index in [1.165, 1.54) is 0 Å². The Labute approximate surface area is 70.2 Å². The van der Waals surface area contributed by atoms with E-state index in [2.05, 4.69) is 0 Å². The second-order valence-corrected chi connectivity index (χ2v) is 1.86. The molecule has 0 aliphatic carbocycles. The van der Waals surface area contributed by atoms with Crippen molar-refractivity contribution in [1.82, 2.24) is 0 Å². The van der Waals surface area contributed by atoms with Crippen LogP contribution < -0.4 is 11.5 Å². The van der Waals surface area contributed by atoms with Crippen LogP contribution in [0, 0.1) is 11.6 Å². The van der Waals surface area contributed by atoms with Crippen LogP contribution in [0.25, 0.3) is 0 Å². The third kappa shape index (κ3) is 2.08. The summed E-state index contributed by atoms with van der Waals surface area (Å²) in [6.07, 6.45) is 0. The number of hydrogen-bond acceptors (Lipinski definition) is 2. The Morgan fingerprint density at radius 1 is 0.917 bits per heavy atom. The van der Waals surface area contributed by atoms with Gasteiger partial charge in [-0.3, -0.25) is 0 Å². The van der Waals surface area contributed by atoms with Gasteiger partial charge in [-0.1, -0.05) is 13.8 Å². The van der Waals surface area contributed by atoms with Gasteiger partial charge in [-0.05, 0) is 12.1 Å². The molecule has 0 aliphatic rings. The minimum atomic E-state index is -0.695. The molecule has 1 aromatic rings. The number of hydrogen-bond donors (Lipinski definition) is 2. The van der Waals surface area contributed by atoms with Gasteiger partial charge in [-0.15, -0.1) is 0 Å². The number of rotatable bonds is 0. The van der Waals surface area contributed by atoms with Crippen molar-refractivity contribution in [1.29, 1.82) is 0 Å². The van der Waals surface area contributed by atoms with Crippen LogP contribution in [0.4, 0.5) is 20.2 Å². The van der Waals surface area contributed by atoms with E-state index in [0.717, 1.165) is 12.1 Å². The summed E-state index contributed by atoms with van der Waals surface area (Å²) >= 11 is 0. The molecule has 0 heterocycles. The molecule has 12 heavy (non-hydrogen) atoms. The molecule has 0 saturated heterocycles. The van der Waals surface area contributed by atoms with Crippen LogP contribution in [-0.2, 0) is 0 Å². The molecule has 1 aromatic carbocycles. The van der Waals surface area contributed by atoms with E-state index in [9.17, 15) is 8.78 Å². The zero-order valence-corrected chi connectivity index (χ0v) is 7.07. The first-order valence-corrected chi connectivity index (χ1v) is 3.62. The molecule has 0 spiro atoms. The first-order valence-electron chi connectivity index (χ1n) is 3.62. The summed E-state index contributed by atoms with van der Waals surface area (Å²) in [6.45, 7) is 4.00. The lowest BCUT2D eigenvalue weighted by Crippen LogP contribution is -2.00. The molecular formula is C8H12F2N2. The number of anilines is 2. The van der Waals surface area contributed by atoms with E-state index < -0.39 is 11.6 Å². The van der Waals surface area contributed by atoms with E-state index in [4.69, 9.17) is 11.5 Å². The zero-order valence-electron chi connectivity index (χ0n) is 7.07. The summed E-state index contributed by atoms with van der Waals surface area (Å²) in [4.78, 5) is 0. The van der Waals surface area contributed by atoms with Gasteiger partial charge >= 0.3 is 0 Å². The molecule has 1 rings (SSSR count). The highest BCUT2D eigenvalue weighted by Crippen LogP contribution is 2.20. The third-order valence-corrected chi connectivity index (χ3v) is 1.18. The van der Waals surface area contributed by atoms with Crippen LogP contribution in [0.5, 0.6) is 0 Å². The van der Waals surface area contributed by atoms with Crippen molar-refractivity contribution in [2.45, 2.75) is 13.8 Å². The second-order valence-electron chi connectivity index (χ2n) is 1.86. The van der Waals surface area contributed by atoms with Gasteiger partial charge < -0.3 is 11.5 Å². The lowest BCUT2D eigenvalue weighted by Gasteiger charge is -2.00. The molecule has 0 fully saturated rings. The molecule has 2 nitrogen and oxygen atoms in total. The fourth-order valence-electron chi connectivity index (χ4n) is 0.583. The maximum atomic E-state index is 12.4. The molecule has 0 aromatic heterocycles. The Balaban J connectivity index is 0.000000561. The number of nitrogens with two attached hydrogens (primary N) is 2. The normalized spacial score (nSPS) is 8.67. The highest BCUT2D eigenvalue weighted by Gasteiger charge is 2.05. The van der Waals surface area contributed by atoms with Crippen molar-refractivity contribution in [3.63, 3.8) is 0 Å². The molecule has 4 N–H and O–H groups in total. The lowest BCUT2D eigenvalue weighted by molar-refractivity contribution is 0.608. The molecule has 0 saturated carbocycles. The topological polar surface area (TPSA) is 52.0 Å². The molecule has 0 aliphatic heterocycles. The van der Waals surface area contributed by atoms with Crippen molar-refractivity contribution >= 4 is 11.4 Å². The van der Waals surface area contributed by atoms with Gasteiger partial charge in [0.05, 0.1) is 11.4 Å². The van der Waals surface area contributed by atoms with E-state index in [1.807, 2.05) is 13.8 Å². The van der Waals surface area contributed by atoms with Crippen molar-refractivity contribution in [2.75, 3.05) is 11.5 Å². The maximum absolute atomic E-state index is 12.4. The van der Waals surface area contributed by atoms with Gasteiger partial charge in [0.1, 0.15) is 11.6 Å². The minimum absolute atomic E-state index is 0.333. The summed E-state index contributed by atoms with van der Waals surface area (Å²) in [6, 6.07) is 1.86. The predicted molar refractivity (Wildman–Crippen MR) is 46.5 cm³/mol. The Hall–Kier alpha value is -1.32. The molecule has 0 unspecified atom stereocenters. The van der Waals surface area contributed by atoms with Crippen LogP contribution in [0.3, 0.4) is 0 Å². The van der Waals surface area contributed by atoms with Gasteiger partial charge in [0.15, 0.2) is 0 Å². The van der Waals surface area contributed by atoms with E-state index in [1.54, 1.807) is 0 Å². The smallest absolute Gasteiger partial charge is 0.148 e. The predicted octanol–water partition coefficient (Wildman–Crippen LogP) is 2.16. The molecule has 4 heteroatoms. The Morgan fingerprint density at radius 2 is 1.17 bits per heavy atom. The highest BCUT2D eigenvalue weighted by atomic mass is 19.1. The monoisotopic (exact) mass is 174 g/mol. The Bertz CT molecular complexity index is 234. The van der Waals surface area contributed by atoms with Gasteiger partial charge in [-0.2, -0.15) is 0 Å². The van der Waals surface area contributed by atoms with Crippen molar-refractivity contribution in [3.8, 4) is 0 Å². The van der Waals surface area contributed by atoms with Crippen LogP contribution in [0.1, 0.15) is 13.8 Å². The summed E-state index contributed by atoms with van der Waals surface area (Å²) in [5.41, 5.74) is 9.42. The van der Waals surface area contributed by atoms with Crippen LogP contribution in [0.15, 0.2) is 12.1 Å². The lowest BCUT2D eigenvalue weighted by atomic mass is 10.2. The average molecular weight is 174 g/mol. The van der Waals surface area contributed by atoms with Crippen LogP contribution in [0.2, 0.25) is 0 Å². The highest BCUT2D eigenvalue weighted by molar-refractivity contribution is 5.64. The first kappa shape index (κ1) is 10.7. The summed E-state index contributed by atoms with van der Waals surface area (Å²) in [7, 11) is 0. The Morgan fingerprint density at radius 3 is 1.42 bits per heavy atom. The van der Waals surface area contributed by atoms with Gasteiger partial charge in [0.2, 0.25) is 0 Å². The molecule has 68 valence electrons. The standard InChI is InChI=1S/C6H6F2N2.C2H6/c7-3-1-2-4(8)6(10)5(3)9;1-2/h1-2H,9-10H2;1-2H3. The summed E-state index contributed by atoms with van der Waals surface area (Å²) < 4.78 is 24.8. The van der Waals surface area contributed by atoms with Crippen LogP contribution >= 0.6 is 0 Å². The van der Waals surface area contributed by atoms with Gasteiger partial charge in [0, 0.05) is 0 Å². The Kier molecular flexibility index (Phi) is 4.04. The average Bonchev–Trinajstić information content (AvgIpc) is 2.12. The second kappa shape index (κ2) is 4.54. The molecule has 0 amide bonds. The maximum Gasteiger partial charge on any atom is 0.148 e. The number of nitrogen functional groups attached to an aromatic ring is 2. The largest absolute Gasteiger partial charge is 0.395 e. The van der Waals surface area contributed by atoms with E-state index in [0.29, 0.717) is 0 Å². The van der Waals surface area contributed by atoms with E-state index in [-0.39, 0.29) is 11.4 Å². The quantitative estimate of drug-likeness (QED) is 0.592. The van der Waals surface area contributed by atoms with Gasteiger partial charge in [-0.25, -0.2) is 8.78 Å².